The third kappa shape index (κ3) is 4.99. The number of ether oxygens (including phenoxy) is 1. The van der Waals surface area contributed by atoms with Crippen molar-refractivity contribution in [3.05, 3.63) is 53.6 Å². The van der Waals surface area contributed by atoms with Gasteiger partial charge < -0.3 is 14.6 Å². The van der Waals surface area contributed by atoms with Gasteiger partial charge in [0.05, 0.1) is 29.0 Å². The first-order valence-corrected chi connectivity index (χ1v) is 10.1. The van der Waals surface area contributed by atoms with Crippen molar-refractivity contribution >= 4 is 50.1 Å². The number of hydrazone groups is 1. The molecule has 3 aromatic rings. The molecule has 0 atom stereocenters. The maximum atomic E-state index is 10.6. The van der Waals surface area contributed by atoms with Gasteiger partial charge in [-0.25, -0.2) is 4.98 Å². The SMILES string of the molecule is COc1ccc(/C(C)=N\Nc2nc3ccccc3s2)cc1CSCC(=O)[O-]. The monoisotopic (exact) mass is 400 g/mol. The summed E-state index contributed by atoms with van der Waals surface area (Å²) in [7, 11) is 1.59. The zero-order chi connectivity index (χ0) is 19.2. The van der Waals surface area contributed by atoms with Crippen LogP contribution in [0.2, 0.25) is 0 Å². The van der Waals surface area contributed by atoms with Gasteiger partial charge in [-0.3, -0.25) is 5.43 Å². The molecule has 1 N–H and O–H groups in total. The summed E-state index contributed by atoms with van der Waals surface area (Å²) in [6, 6.07) is 13.7. The Morgan fingerprint density at radius 3 is 2.89 bits per heavy atom. The Balaban J connectivity index is 1.75. The number of anilines is 1. The van der Waals surface area contributed by atoms with Crippen LogP contribution in [0.1, 0.15) is 18.1 Å². The summed E-state index contributed by atoms with van der Waals surface area (Å²) in [6.07, 6.45) is 0. The van der Waals surface area contributed by atoms with Crippen LogP contribution in [-0.4, -0.2) is 29.5 Å². The number of aromatic nitrogens is 1. The van der Waals surface area contributed by atoms with Gasteiger partial charge in [0.2, 0.25) is 5.13 Å². The van der Waals surface area contributed by atoms with Crippen LogP contribution < -0.4 is 15.3 Å². The quantitative estimate of drug-likeness (QED) is 0.462. The Morgan fingerprint density at radius 2 is 2.15 bits per heavy atom. The van der Waals surface area contributed by atoms with Crippen molar-refractivity contribution in [2.45, 2.75) is 12.7 Å². The number of thioether (sulfide) groups is 1. The normalized spacial score (nSPS) is 11.6. The van der Waals surface area contributed by atoms with Gasteiger partial charge >= 0.3 is 0 Å². The Labute approximate surface area is 165 Å². The average Bonchev–Trinajstić information content (AvgIpc) is 3.08. The summed E-state index contributed by atoms with van der Waals surface area (Å²) < 4.78 is 6.46. The molecule has 0 aliphatic heterocycles. The van der Waals surface area contributed by atoms with Crippen LogP contribution >= 0.6 is 23.1 Å². The molecule has 0 saturated heterocycles. The molecule has 0 radical (unpaired) electrons. The number of nitrogens with one attached hydrogen (secondary N) is 1. The first-order chi connectivity index (χ1) is 13.1. The topological polar surface area (TPSA) is 86.6 Å². The summed E-state index contributed by atoms with van der Waals surface area (Å²) >= 11 is 2.81. The fourth-order valence-electron chi connectivity index (χ4n) is 2.48. The molecule has 0 saturated carbocycles. The molecule has 1 heterocycles. The minimum absolute atomic E-state index is 0.0559. The standard InChI is InChI=1S/C19H19N3O3S2/c1-12(21-22-19-20-15-5-3-4-6-17(15)27-19)13-7-8-16(25-2)14(9-13)10-26-11-18(23)24/h3-9H,10-11H2,1-2H3,(H,20,22)(H,23,24)/p-1/b21-12-. The zero-order valence-electron chi connectivity index (χ0n) is 14.9. The number of methoxy groups -OCH3 is 1. The maximum Gasteiger partial charge on any atom is 0.204 e. The Hall–Kier alpha value is -2.58. The van der Waals surface area contributed by atoms with Gasteiger partial charge in [-0.2, -0.15) is 16.9 Å². The molecular formula is C19H18N3O3S2-. The second kappa shape index (κ2) is 8.88. The largest absolute Gasteiger partial charge is 0.549 e. The summed E-state index contributed by atoms with van der Waals surface area (Å²) in [5.41, 5.74) is 6.58. The molecule has 0 aliphatic rings. The van der Waals surface area contributed by atoms with Crippen LogP contribution in [-0.2, 0) is 10.5 Å². The highest BCUT2D eigenvalue weighted by molar-refractivity contribution is 7.99. The second-order valence-electron chi connectivity index (χ2n) is 5.69. The lowest BCUT2D eigenvalue weighted by molar-refractivity contribution is -0.301. The van der Waals surface area contributed by atoms with Crippen molar-refractivity contribution in [2.24, 2.45) is 5.10 Å². The number of nitrogens with zero attached hydrogens (tertiary/aromatic N) is 2. The lowest BCUT2D eigenvalue weighted by atomic mass is 10.1. The number of carboxylic acid groups (broad SMARTS) is 1. The minimum atomic E-state index is -1.08. The smallest absolute Gasteiger partial charge is 0.204 e. The number of carbonyl (C=O) groups is 1. The number of fused-ring (bicyclic) bond motifs is 1. The van der Waals surface area contributed by atoms with Crippen LogP contribution in [0.15, 0.2) is 47.6 Å². The molecular weight excluding hydrogens is 382 g/mol. The van der Waals surface area contributed by atoms with E-state index >= 15 is 0 Å². The third-order valence-corrected chi connectivity index (χ3v) is 5.68. The summed E-state index contributed by atoms with van der Waals surface area (Å²) in [4.78, 5) is 15.1. The van der Waals surface area contributed by atoms with Crippen molar-refractivity contribution in [1.29, 1.82) is 0 Å². The van der Waals surface area contributed by atoms with Crippen molar-refractivity contribution in [2.75, 3.05) is 18.3 Å². The molecule has 0 fully saturated rings. The molecule has 0 bridgehead atoms. The van der Waals surface area contributed by atoms with Crippen molar-refractivity contribution in [3.8, 4) is 5.75 Å². The first-order valence-electron chi connectivity index (χ1n) is 8.17. The molecule has 1 aromatic heterocycles. The van der Waals surface area contributed by atoms with Gasteiger partial charge in [0, 0.05) is 17.1 Å². The number of rotatable bonds is 8. The first kappa shape index (κ1) is 19.2. The van der Waals surface area contributed by atoms with Crippen molar-refractivity contribution in [1.82, 2.24) is 4.98 Å². The van der Waals surface area contributed by atoms with E-state index in [-0.39, 0.29) is 5.75 Å². The Bertz CT molecular complexity index is 952. The van der Waals surface area contributed by atoms with E-state index in [2.05, 4.69) is 15.5 Å². The molecule has 6 nitrogen and oxygen atoms in total. The van der Waals surface area contributed by atoms with Crippen LogP contribution in [0.3, 0.4) is 0 Å². The van der Waals surface area contributed by atoms with E-state index in [1.54, 1.807) is 18.4 Å². The molecule has 27 heavy (non-hydrogen) atoms. The summed E-state index contributed by atoms with van der Waals surface area (Å²) in [5.74, 6) is 0.104. The van der Waals surface area contributed by atoms with E-state index in [1.807, 2.05) is 49.4 Å². The van der Waals surface area contributed by atoms with Gasteiger partial charge in [0.15, 0.2) is 0 Å². The number of carboxylic acids is 1. The molecule has 0 spiro atoms. The summed E-state index contributed by atoms with van der Waals surface area (Å²) in [5, 5.41) is 15.8. The van der Waals surface area contributed by atoms with E-state index in [1.165, 1.54) is 11.8 Å². The predicted octanol–water partition coefficient (Wildman–Crippen LogP) is 3.12. The molecule has 0 unspecified atom stereocenters. The maximum absolute atomic E-state index is 10.6. The number of para-hydroxylation sites is 1. The van der Waals surface area contributed by atoms with Gasteiger partial charge in [-0.05, 0) is 42.8 Å². The van der Waals surface area contributed by atoms with E-state index in [0.29, 0.717) is 5.75 Å². The molecule has 0 aliphatic carbocycles. The number of carbonyl (C=O) groups excluding carboxylic acids is 1. The Morgan fingerprint density at radius 1 is 1.33 bits per heavy atom. The van der Waals surface area contributed by atoms with Crippen molar-refractivity contribution in [3.63, 3.8) is 0 Å². The third-order valence-electron chi connectivity index (χ3n) is 3.79. The van der Waals surface area contributed by atoms with Crippen molar-refractivity contribution < 1.29 is 14.6 Å². The average molecular weight is 401 g/mol. The Kier molecular flexibility index (Phi) is 6.31. The lowest BCUT2D eigenvalue weighted by Gasteiger charge is -2.11. The van der Waals surface area contributed by atoms with Crippen LogP contribution in [0, 0.1) is 0 Å². The van der Waals surface area contributed by atoms with E-state index in [4.69, 9.17) is 4.74 Å². The highest BCUT2D eigenvalue weighted by Crippen LogP contribution is 2.26. The van der Waals surface area contributed by atoms with Crippen LogP contribution in [0.4, 0.5) is 5.13 Å². The molecule has 140 valence electrons. The molecule has 0 amide bonds. The predicted molar refractivity (Wildman–Crippen MR) is 110 cm³/mol. The number of thiazole rings is 1. The number of hydrogen-bond acceptors (Lipinski definition) is 8. The molecule has 3 rings (SSSR count). The number of benzene rings is 2. The van der Waals surface area contributed by atoms with E-state index in [0.717, 1.165) is 37.9 Å². The van der Waals surface area contributed by atoms with Gasteiger partial charge in [0.1, 0.15) is 5.75 Å². The highest BCUT2D eigenvalue weighted by atomic mass is 32.2. The summed E-state index contributed by atoms with van der Waals surface area (Å²) in [6.45, 7) is 1.90. The minimum Gasteiger partial charge on any atom is -0.549 e. The second-order valence-corrected chi connectivity index (χ2v) is 7.70. The number of hydrogen-bond donors (Lipinski definition) is 1. The van der Waals surface area contributed by atoms with Gasteiger partial charge in [-0.15, -0.1) is 0 Å². The molecule has 2 aromatic carbocycles. The fourth-order valence-corrected chi connectivity index (χ4v) is 4.00. The number of aliphatic carboxylic acids is 1. The van der Waals surface area contributed by atoms with E-state index < -0.39 is 5.97 Å². The zero-order valence-corrected chi connectivity index (χ0v) is 16.5. The van der Waals surface area contributed by atoms with E-state index in [9.17, 15) is 9.90 Å². The highest BCUT2D eigenvalue weighted by Gasteiger charge is 2.08. The lowest BCUT2D eigenvalue weighted by Crippen LogP contribution is -2.24. The van der Waals surface area contributed by atoms with Crippen LogP contribution in [0.5, 0.6) is 5.75 Å². The van der Waals surface area contributed by atoms with Gasteiger partial charge in [0.25, 0.3) is 0 Å². The fraction of sp³-hybridized carbons (Fsp3) is 0.211. The van der Waals surface area contributed by atoms with Gasteiger partial charge in [-0.1, -0.05) is 23.5 Å². The molecule has 8 heteroatoms. The van der Waals surface area contributed by atoms with Crippen LogP contribution in [0.25, 0.3) is 10.2 Å².